The molecule has 0 radical (unpaired) electrons. The van der Waals surface area contributed by atoms with Gasteiger partial charge in [0.05, 0.1) is 13.1 Å². The summed E-state index contributed by atoms with van der Waals surface area (Å²) in [5.41, 5.74) is 0.712. The van der Waals surface area contributed by atoms with Crippen LogP contribution < -0.4 is 0 Å². The van der Waals surface area contributed by atoms with Gasteiger partial charge in [-0.05, 0) is 35.4 Å². The molecule has 2 rings (SSSR count). The van der Waals surface area contributed by atoms with Crippen LogP contribution in [0.25, 0.3) is 0 Å². The molecule has 7 heteroatoms. The van der Waals surface area contributed by atoms with Crippen LogP contribution in [0.4, 0.5) is 17.6 Å². The highest BCUT2D eigenvalue weighted by atomic mass is 19.1. The molecule has 0 aliphatic carbocycles. The normalized spacial score (nSPS) is 11.5. The number of halogens is 4. The van der Waals surface area contributed by atoms with Crippen molar-refractivity contribution in [2.45, 2.75) is 13.1 Å². The van der Waals surface area contributed by atoms with Gasteiger partial charge in [0.15, 0.2) is 12.8 Å². The summed E-state index contributed by atoms with van der Waals surface area (Å²) in [4.78, 5) is 7.61. The maximum absolute atomic E-state index is 12.9. The van der Waals surface area contributed by atoms with Gasteiger partial charge in [0.25, 0.3) is 0 Å². The number of aliphatic imine (C=N–C) groups is 2. The molecule has 120 valence electrons. The Morgan fingerprint density at radius 2 is 1.00 bits per heavy atom. The summed E-state index contributed by atoms with van der Waals surface area (Å²) in [5.74, 6) is -2.72. The molecule has 0 aromatic heterocycles. The van der Waals surface area contributed by atoms with Crippen LogP contribution in [0, 0.1) is 23.3 Å². The molecule has 0 fully saturated rings. The average Bonchev–Trinajstić information content (AvgIpc) is 2.44. The van der Waals surface area contributed by atoms with Crippen LogP contribution in [0.15, 0.2) is 46.4 Å². The molecule has 2 aromatic carbocycles. The first-order valence-electron chi connectivity index (χ1n) is 6.55. The van der Waals surface area contributed by atoms with Crippen LogP contribution >= 0.6 is 0 Å². The summed E-state index contributed by atoms with van der Waals surface area (Å²) in [5, 5.41) is 0. The summed E-state index contributed by atoms with van der Waals surface area (Å²) in [7, 11) is 0. The quantitative estimate of drug-likeness (QED) is 0.449. The van der Waals surface area contributed by atoms with E-state index in [1.807, 2.05) is 0 Å². The van der Waals surface area contributed by atoms with Crippen LogP contribution in [0.5, 0.6) is 0 Å². The fourth-order valence-corrected chi connectivity index (χ4v) is 1.80. The molecule has 0 bridgehead atoms. The van der Waals surface area contributed by atoms with Gasteiger partial charge in [-0.15, -0.1) is 0 Å². The lowest BCUT2D eigenvalue weighted by molar-refractivity contribution is 0.574. The van der Waals surface area contributed by atoms with Gasteiger partial charge in [-0.2, -0.15) is 0 Å². The van der Waals surface area contributed by atoms with Crippen LogP contribution in [-0.2, 0) is 17.8 Å². The van der Waals surface area contributed by atoms with E-state index in [1.165, 1.54) is 0 Å². The molecule has 0 aliphatic heterocycles. The number of rotatable bonds is 6. The van der Waals surface area contributed by atoms with E-state index in [-0.39, 0.29) is 13.1 Å². The Kier molecular flexibility index (Phi) is 5.85. The molecule has 0 aliphatic rings. The third-order valence-electron chi connectivity index (χ3n) is 2.66. The Hall–Kier alpha value is -2.70. The van der Waals surface area contributed by atoms with E-state index in [0.29, 0.717) is 11.1 Å². The Bertz CT molecular complexity index is 630. The average molecular weight is 324 g/mol. The zero-order valence-corrected chi connectivity index (χ0v) is 11.8. The zero-order chi connectivity index (χ0) is 16.7. The van der Waals surface area contributed by atoms with Crippen molar-refractivity contribution in [2.24, 2.45) is 9.98 Å². The minimum atomic E-state index is -0.681. The van der Waals surface area contributed by atoms with E-state index in [4.69, 9.17) is 4.74 Å². The van der Waals surface area contributed by atoms with E-state index in [2.05, 4.69) is 9.98 Å². The van der Waals surface area contributed by atoms with E-state index >= 15 is 0 Å². The molecular weight excluding hydrogens is 312 g/mol. The van der Waals surface area contributed by atoms with E-state index in [9.17, 15) is 17.6 Å². The van der Waals surface area contributed by atoms with Gasteiger partial charge in [0.2, 0.25) is 0 Å². The van der Waals surface area contributed by atoms with Crippen molar-refractivity contribution in [1.82, 2.24) is 0 Å². The Morgan fingerprint density at radius 1 is 0.652 bits per heavy atom. The molecule has 0 amide bonds. The first-order chi connectivity index (χ1) is 11.0. The molecule has 0 spiro atoms. The molecule has 0 N–H and O–H groups in total. The van der Waals surface area contributed by atoms with Gasteiger partial charge in [0.1, 0.15) is 23.3 Å². The number of hydrogen-bond donors (Lipinski definition) is 0. The fourth-order valence-electron chi connectivity index (χ4n) is 1.80. The second-order valence-corrected chi connectivity index (χ2v) is 4.58. The summed E-state index contributed by atoms with van der Waals surface area (Å²) in [6, 6.07) is 6.18. The lowest BCUT2D eigenvalue weighted by Crippen LogP contribution is -1.91. The highest BCUT2D eigenvalue weighted by molar-refractivity contribution is 5.63. The minimum Gasteiger partial charge on any atom is -0.435 e. The monoisotopic (exact) mass is 324 g/mol. The van der Waals surface area contributed by atoms with E-state index < -0.39 is 23.3 Å². The van der Waals surface area contributed by atoms with Crippen molar-refractivity contribution in [1.29, 1.82) is 0 Å². The van der Waals surface area contributed by atoms with Crippen molar-refractivity contribution < 1.29 is 22.3 Å². The van der Waals surface area contributed by atoms with Crippen molar-refractivity contribution in [3.8, 4) is 0 Å². The fraction of sp³-hybridized carbons (Fsp3) is 0.125. The Morgan fingerprint density at radius 3 is 1.35 bits per heavy atom. The molecule has 23 heavy (non-hydrogen) atoms. The molecule has 0 unspecified atom stereocenters. The van der Waals surface area contributed by atoms with Crippen LogP contribution in [0.3, 0.4) is 0 Å². The Labute approximate surface area is 130 Å². The predicted octanol–water partition coefficient (Wildman–Crippen LogP) is 4.02. The highest BCUT2D eigenvalue weighted by Gasteiger charge is 2.00. The van der Waals surface area contributed by atoms with E-state index in [1.54, 1.807) is 0 Å². The SMILES string of the molecule is Fc1cc(F)cc(CN=COC=NCc2cc(F)cc(F)c2)c1. The highest BCUT2D eigenvalue weighted by Crippen LogP contribution is 2.09. The first-order valence-corrected chi connectivity index (χ1v) is 6.55. The second kappa shape index (κ2) is 8.07. The number of benzene rings is 2. The zero-order valence-electron chi connectivity index (χ0n) is 11.8. The summed E-state index contributed by atoms with van der Waals surface area (Å²) in [6.07, 6.45) is 2.11. The molecule has 2 aromatic rings. The molecular formula is C16H12F4N2O. The van der Waals surface area contributed by atoms with Crippen molar-refractivity contribution in [3.05, 3.63) is 70.8 Å². The number of hydrogen-bond acceptors (Lipinski definition) is 3. The predicted molar refractivity (Wildman–Crippen MR) is 78.2 cm³/mol. The van der Waals surface area contributed by atoms with Gasteiger partial charge in [0, 0.05) is 12.1 Å². The first kappa shape index (κ1) is 16.7. The third-order valence-corrected chi connectivity index (χ3v) is 2.66. The Balaban J connectivity index is 1.77. The number of ether oxygens (including phenoxy) is 1. The van der Waals surface area contributed by atoms with Crippen molar-refractivity contribution >= 4 is 12.8 Å². The molecule has 0 heterocycles. The second-order valence-electron chi connectivity index (χ2n) is 4.58. The smallest absolute Gasteiger partial charge is 0.178 e. The maximum Gasteiger partial charge on any atom is 0.178 e. The van der Waals surface area contributed by atoms with E-state index in [0.717, 1.165) is 49.2 Å². The van der Waals surface area contributed by atoms with Crippen LogP contribution in [0.1, 0.15) is 11.1 Å². The topological polar surface area (TPSA) is 34.0 Å². The third kappa shape index (κ3) is 5.90. The molecule has 0 saturated heterocycles. The van der Waals surface area contributed by atoms with Crippen molar-refractivity contribution in [2.75, 3.05) is 0 Å². The number of nitrogens with zero attached hydrogens (tertiary/aromatic N) is 2. The summed E-state index contributed by atoms with van der Waals surface area (Å²) < 4.78 is 56.5. The van der Waals surface area contributed by atoms with Crippen LogP contribution in [-0.4, -0.2) is 12.8 Å². The van der Waals surface area contributed by atoms with Gasteiger partial charge in [-0.25, -0.2) is 17.6 Å². The minimum absolute atomic E-state index is 0.0393. The molecule has 3 nitrogen and oxygen atoms in total. The van der Waals surface area contributed by atoms with Crippen molar-refractivity contribution in [3.63, 3.8) is 0 Å². The molecule has 0 saturated carbocycles. The summed E-state index contributed by atoms with van der Waals surface area (Å²) in [6.45, 7) is 0.0786. The maximum atomic E-state index is 12.9. The largest absolute Gasteiger partial charge is 0.435 e. The van der Waals surface area contributed by atoms with Gasteiger partial charge in [-0.3, -0.25) is 9.98 Å². The lowest BCUT2D eigenvalue weighted by Gasteiger charge is -1.98. The summed E-state index contributed by atoms with van der Waals surface area (Å²) >= 11 is 0. The van der Waals surface area contributed by atoms with Gasteiger partial charge < -0.3 is 4.74 Å². The van der Waals surface area contributed by atoms with Crippen LogP contribution in [0.2, 0.25) is 0 Å². The van der Waals surface area contributed by atoms with Gasteiger partial charge in [-0.1, -0.05) is 0 Å². The standard InChI is InChI=1S/C16H12F4N2O/c17-13-1-11(2-14(18)5-13)7-21-9-23-10-22-8-12-3-15(19)6-16(20)4-12/h1-6,9-10H,7-8H2. The lowest BCUT2D eigenvalue weighted by atomic mass is 10.2. The molecule has 0 atom stereocenters. The van der Waals surface area contributed by atoms with Gasteiger partial charge >= 0.3 is 0 Å².